The molecule has 0 bridgehead atoms. The lowest BCUT2D eigenvalue weighted by Crippen LogP contribution is -1.98. The van der Waals surface area contributed by atoms with E-state index in [2.05, 4.69) is 15.3 Å². The molecule has 0 radical (unpaired) electrons. The molecule has 74 valence electrons. The molecule has 2 heterocycles. The van der Waals surface area contributed by atoms with E-state index in [4.69, 9.17) is 11.6 Å². The van der Waals surface area contributed by atoms with Gasteiger partial charge in [0.05, 0.1) is 17.3 Å². The quantitative estimate of drug-likeness (QED) is 0.698. The number of hydrogen-bond donors (Lipinski definition) is 0. The number of aromatic nitrogens is 5. The average Bonchev–Trinajstić information content (AvgIpc) is 2.71. The second-order valence-corrected chi connectivity index (χ2v) is 3.29. The Morgan fingerprint density at radius 3 is 2.86 bits per heavy atom. The fourth-order valence-electron chi connectivity index (χ4n) is 1.37. The molecule has 2 rings (SSSR count). The highest BCUT2D eigenvalue weighted by molar-refractivity contribution is 6.16. The van der Waals surface area contributed by atoms with Crippen molar-refractivity contribution in [1.29, 1.82) is 0 Å². The van der Waals surface area contributed by atoms with Gasteiger partial charge in [0.2, 0.25) is 0 Å². The van der Waals surface area contributed by atoms with E-state index in [1.807, 2.05) is 24.7 Å². The Morgan fingerprint density at radius 1 is 1.50 bits per heavy atom. The summed E-state index contributed by atoms with van der Waals surface area (Å²) in [4.78, 5) is 0. The summed E-state index contributed by atoms with van der Waals surface area (Å²) in [5.41, 5.74) is 1.90. The normalized spacial score (nSPS) is 10.8. The molecule has 2 aromatic rings. The van der Waals surface area contributed by atoms with E-state index >= 15 is 0 Å². The van der Waals surface area contributed by atoms with Crippen molar-refractivity contribution in [2.24, 2.45) is 7.05 Å². The largest absolute Gasteiger partial charge is 0.281 e. The van der Waals surface area contributed by atoms with Gasteiger partial charge >= 0.3 is 0 Å². The fraction of sp³-hybridized carbons (Fsp3) is 0.375. The Bertz CT molecular complexity index is 444. The van der Waals surface area contributed by atoms with Crippen molar-refractivity contribution in [1.82, 2.24) is 24.5 Å². The summed E-state index contributed by atoms with van der Waals surface area (Å²) >= 11 is 5.73. The van der Waals surface area contributed by atoms with Crippen LogP contribution in [0.25, 0.3) is 5.69 Å². The molecular weight excluding hydrogens is 202 g/mol. The minimum Gasteiger partial charge on any atom is -0.281 e. The van der Waals surface area contributed by atoms with Gasteiger partial charge in [-0.3, -0.25) is 9.25 Å². The van der Waals surface area contributed by atoms with Crippen molar-refractivity contribution in [3.8, 4) is 5.69 Å². The molecule has 0 unspecified atom stereocenters. The Balaban J connectivity index is 2.53. The highest BCUT2D eigenvalue weighted by atomic mass is 35.5. The smallest absolute Gasteiger partial charge is 0.152 e. The van der Waals surface area contributed by atoms with Gasteiger partial charge in [-0.25, -0.2) is 0 Å². The molecule has 0 atom stereocenters. The van der Waals surface area contributed by atoms with Crippen LogP contribution in [0.3, 0.4) is 0 Å². The highest BCUT2D eigenvalue weighted by Gasteiger charge is 2.09. The number of rotatable bonds is 2. The Labute approximate surface area is 86.3 Å². The summed E-state index contributed by atoms with van der Waals surface area (Å²) in [6.07, 6.45) is 3.55. The standard InChI is InChI=1S/C8H10ClN5/c1-6-7(4-13(2)12-6)14-5-10-11-8(14)3-9/h4-5H,3H2,1-2H3. The second kappa shape index (κ2) is 3.42. The molecule has 0 fully saturated rings. The minimum atomic E-state index is 0.342. The zero-order valence-electron chi connectivity index (χ0n) is 7.98. The number of aryl methyl sites for hydroxylation is 2. The first-order chi connectivity index (χ1) is 6.72. The monoisotopic (exact) mass is 211 g/mol. The van der Waals surface area contributed by atoms with Gasteiger partial charge in [0.25, 0.3) is 0 Å². The molecular formula is C8H10ClN5. The molecule has 0 aliphatic carbocycles. The molecule has 2 aromatic heterocycles. The van der Waals surface area contributed by atoms with Crippen LogP contribution in [0.15, 0.2) is 12.5 Å². The van der Waals surface area contributed by atoms with Crippen LogP contribution in [0.2, 0.25) is 0 Å². The zero-order chi connectivity index (χ0) is 10.1. The lowest BCUT2D eigenvalue weighted by Gasteiger charge is -2.00. The predicted molar refractivity (Wildman–Crippen MR) is 52.4 cm³/mol. The van der Waals surface area contributed by atoms with E-state index in [0.717, 1.165) is 17.2 Å². The van der Waals surface area contributed by atoms with Crippen LogP contribution in [0.1, 0.15) is 11.5 Å². The van der Waals surface area contributed by atoms with Crippen LogP contribution < -0.4 is 0 Å². The van der Waals surface area contributed by atoms with Crippen LogP contribution in [0, 0.1) is 6.92 Å². The van der Waals surface area contributed by atoms with E-state index in [0.29, 0.717) is 5.88 Å². The Hall–Kier alpha value is -1.36. The molecule has 6 heteroatoms. The summed E-state index contributed by atoms with van der Waals surface area (Å²) < 4.78 is 3.60. The highest BCUT2D eigenvalue weighted by Crippen LogP contribution is 2.13. The molecule has 0 spiro atoms. The molecule has 0 aliphatic heterocycles. The first-order valence-corrected chi connectivity index (χ1v) is 4.71. The summed E-state index contributed by atoms with van der Waals surface area (Å²) in [5, 5.41) is 12.0. The van der Waals surface area contributed by atoms with Crippen molar-refractivity contribution in [2.75, 3.05) is 0 Å². The topological polar surface area (TPSA) is 48.5 Å². The third kappa shape index (κ3) is 1.39. The van der Waals surface area contributed by atoms with E-state index < -0.39 is 0 Å². The molecule has 14 heavy (non-hydrogen) atoms. The van der Waals surface area contributed by atoms with Crippen LogP contribution in [0.5, 0.6) is 0 Å². The van der Waals surface area contributed by atoms with Gasteiger partial charge < -0.3 is 0 Å². The zero-order valence-corrected chi connectivity index (χ0v) is 8.73. The summed E-state index contributed by atoms with van der Waals surface area (Å²) in [6, 6.07) is 0. The van der Waals surface area contributed by atoms with Crippen molar-refractivity contribution in [3.05, 3.63) is 24.0 Å². The van der Waals surface area contributed by atoms with Crippen LogP contribution in [-0.4, -0.2) is 24.5 Å². The molecule has 0 N–H and O–H groups in total. The SMILES string of the molecule is Cc1nn(C)cc1-n1cnnc1CCl. The van der Waals surface area contributed by atoms with Crippen molar-refractivity contribution >= 4 is 11.6 Å². The number of halogens is 1. The van der Waals surface area contributed by atoms with Gasteiger partial charge in [0.1, 0.15) is 6.33 Å². The fourth-order valence-corrected chi connectivity index (χ4v) is 1.56. The third-order valence-corrected chi connectivity index (χ3v) is 2.22. The number of alkyl halides is 1. The van der Waals surface area contributed by atoms with Gasteiger partial charge in [-0.05, 0) is 6.92 Å². The maximum Gasteiger partial charge on any atom is 0.152 e. The average molecular weight is 212 g/mol. The van der Waals surface area contributed by atoms with Crippen LogP contribution >= 0.6 is 11.6 Å². The van der Waals surface area contributed by atoms with Gasteiger partial charge in [0.15, 0.2) is 5.82 Å². The maximum atomic E-state index is 5.73. The first-order valence-electron chi connectivity index (χ1n) is 4.18. The van der Waals surface area contributed by atoms with Gasteiger partial charge in [-0.15, -0.1) is 21.8 Å². The molecule has 0 amide bonds. The van der Waals surface area contributed by atoms with E-state index in [1.165, 1.54) is 0 Å². The van der Waals surface area contributed by atoms with Crippen molar-refractivity contribution < 1.29 is 0 Å². The number of nitrogens with zero attached hydrogens (tertiary/aromatic N) is 5. The lowest BCUT2D eigenvalue weighted by atomic mass is 10.4. The molecule has 5 nitrogen and oxygen atoms in total. The van der Waals surface area contributed by atoms with Crippen molar-refractivity contribution in [3.63, 3.8) is 0 Å². The lowest BCUT2D eigenvalue weighted by molar-refractivity contribution is 0.756. The summed E-state index contributed by atoms with van der Waals surface area (Å²) in [5.74, 6) is 1.07. The van der Waals surface area contributed by atoms with E-state index in [-0.39, 0.29) is 0 Å². The van der Waals surface area contributed by atoms with E-state index in [9.17, 15) is 0 Å². The van der Waals surface area contributed by atoms with E-state index in [1.54, 1.807) is 11.0 Å². The van der Waals surface area contributed by atoms with Crippen LogP contribution in [-0.2, 0) is 12.9 Å². The molecule has 0 saturated heterocycles. The minimum absolute atomic E-state index is 0.342. The third-order valence-electron chi connectivity index (χ3n) is 1.98. The Morgan fingerprint density at radius 2 is 2.29 bits per heavy atom. The predicted octanol–water partition coefficient (Wildman–Crippen LogP) is 1.05. The Kier molecular flexibility index (Phi) is 2.25. The van der Waals surface area contributed by atoms with Gasteiger partial charge in [-0.1, -0.05) is 0 Å². The second-order valence-electron chi connectivity index (χ2n) is 3.02. The van der Waals surface area contributed by atoms with Crippen LogP contribution in [0.4, 0.5) is 0 Å². The number of hydrogen-bond acceptors (Lipinski definition) is 3. The molecule has 0 aromatic carbocycles. The van der Waals surface area contributed by atoms with Crippen molar-refractivity contribution in [2.45, 2.75) is 12.8 Å². The molecule has 0 aliphatic rings. The summed E-state index contributed by atoms with van der Waals surface area (Å²) in [6.45, 7) is 1.94. The maximum absolute atomic E-state index is 5.73. The first kappa shape index (κ1) is 9.21. The van der Waals surface area contributed by atoms with Gasteiger partial charge in [-0.2, -0.15) is 5.10 Å². The summed E-state index contributed by atoms with van der Waals surface area (Å²) in [7, 11) is 1.88. The molecule has 0 saturated carbocycles. The van der Waals surface area contributed by atoms with Gasteiger partial charge in [0, 0.05) is 13.2 Å².